The minimum atomic E-state index is -2.83. The summed E-state index contributed by atoms with van der Waals surface area (Å²) in [6.07, 6.45) is 3.31. The van der Waals surface area contributed by atoms with E-state index in [2.05, 4.69) is 10.2 Å². The van der Waals surface area contributed by atoms with Crippen molar-refractivity contribution in [2.24, 2.45) is 0 Å². The van der Waals surface area contributed by atoms with Crippen LogP contribution in [0.3, 0.4) is 0 Å². The molecule has 3 heterocycles. The number of nitrogens with zero attached hydrogens (tertiary/aromatic N) is 3. The Morgan fingerprint density at radius 1 is 1.22 bits per heavy atom. The van der Waals surface area contributed by atoms with Gasteiger partial charge >= 0.3 is 0 Å². The Balaban J connectivity index is 1.98. The summed E-state index contributed by atoms with van der Waals surface area (Å²) in [6.45, 7) is 2.02. The molecular weight excluding hydrogens is 250 g/mol. The van der Waals surface area contributed by atoms with Crippen molar-refractivity contribution in [2.45, 2.75) is 25.7 Å². The lowest BCUT2D eigenvalue weighted by atomic mass is 10.0. The van der Waals surface area contributed by atoms with E-state index in [4.69, 9.17) is 0 Å². The Labute approximate surface area is 106 Å². The summed E-state index contributed by atoms with van der Waals surface area (Å²) in [4.78, 5) is 0. The van der Waals surface area contributed by atoms with Gasteiger partial charge < -0.3 is 0 Å². The Morgan fingerprint density at radius 3 is 2.67 bits per heavy atom. The van der Waals surface area contributed by atoms with Gasteiger partial charge in [0, 0.05) is 12.1 Å². The van der Waals surface area contributed by atoms with Gasteiger partial charge in [-0.1, -0.05) is 6.07 Å². The van der Waals surface area contributed by atoms with Crippen molar-refractivity contribution in [1.82, 2.24) is 14.6 Å². The maximum absolute atomic E-state index is 11.4. The molecule has 0 aromatic carbocycles. The van der Waals surface area contributed by atoms with Crippen molar-refractivity contribution in [3.05, 3.63) is 29.7 Å². The molecule has 0 spiro atoms. The first kappa shape index (κ1) is 11.6. The molecule has 1 aliphatic heterocycles. The molecule has 0 aliphatic carbocycles. The highest BCUT2D eigenvalue weighted by atomic mass is 32.2. The van der Waals surface area contributed by atoms with Crippen LogP contribution in [0.25, 0.3) is 5.65 Å². The van der Waals surface area contributed by atoms with Gasteiger partial charge in [0.2, 0.25) is 0 Å². The van der Waals surface area contributed by atoms with Crippen molar-refractivity contribution < 1.29 is 8.42 Å². The molecule has 3 rings (SSSR count). The summed E-state index contributed by atoms with van der Waals surface area (Å²) < 4.78 is 24.9. The lowest BCUT2D eigenvalue weighted by Gasteiger charge is -2.20. The van der Waals surface area contributed by atoms with Crippen LogP contribution >= 0.6 is 0 Å². The number of aromatic nitrogens is 3. The van der Waals surface area contributed by atoms with Crippen molar-refractivity contribution in [3.8, 4) is 0 Å². The van der Waals surface area contributed by atoms with Crippen LogP contribution in [0.5, 0.6) is 0 Å². The minimum absolute atomic E-state index is 0.199. The van der Waals surface area contributed by atoms with E-state index in [-0.39, 0.29) is 17.4 Å². The van der Waals surface area contributed by atoms with Crippen LogP contribution in [0, 0.1) is 6.92 Å². The summed E-state index contributed by atoms with van der Waals surface area (Å²) in [5.41, 5.74) is 1.97. The molecule has 96 valence electrons. The van der Waals surface area contributed by atoms with Gasteiger partial charge in [0.25, 0.3) is 0 Å². The van der Waals surface area contributed by atoms with Gasteiger partial charge in [0.15, 0.2) is 5.65 Å². The molecule has 1 fully saturated rings. The average Bonchev–Trinajstić information content (AvgIpc) is 2.72. The van der Waals surface area contributed by atoms with Crippen molar-refractivity contribution in [2.75, 3.05) is 11.5 Å². The second-order valence-corrected chi connectivity index (χ2v) is 7.22. The first-order valence-corrected chi connectivity index (χ1v) is 7.89. The lowest BCUT2D eigenvalue weighted by molar-refractivity contribution is 0.534. The summed E-state index contributed by atoms with van der Waals surface area (Å²) in [5.74, 6) is 1.62. The van der Waals surface area contributed by atoms with E-state index >= 15 is 0 Å². The highest BCUT2D eigenvalue weighted by Crippen LogP contribution is 2.28. The van der Waals surface area contributed by atoms with Crippen LogP contribution in [-0.4, -0.2) is 34.5 Å². The second kappa shape index (κ2) is 4.05. The zero-order valence-electron chi connectivity index (χ0n) is 10.2. The Kier molecular flexibility index (Phi) is 2.62. The number of fused-ring (bicyclic) bond motifs is 1. The fourth-order valence-electron chi connectivity index (χ4n) is 2.44. The number of pyridine rings is 1. The third-order valence-corrected chi connectivity index (χ3v) is 5.21. The molecular formula is C12H15N3O2S. The number of rotatable bonds is 1. The van der Waals surface area contributed by atoms with Gasteiger partial charge in [0.1, 0.15) is 15.7 Å². The molecule has 0 radical (unpaired) electrons. The average molecular weight is 265 g/mol. The van der Waals surface area contributed by atoms with Crippen LogP contribution in [0.15, 0.2) is 18.3 Å². The van der Waals surface area contributed by atoms with Crippen LogP contribution < -0.4 is 0 Å². The van der Waals surface area contributed by atoms with E-state index in [0.717, 1.165) is 17.0 Å². The number of aryl methyl sites for hydroxylation is 1. The minimum Gasteiger partial charge on any atom is -0.286 e. The Bertz CT molecular complexity index is 676. The summed E-state index contributed by atoms with van der Waals surface area (Å²) in [7, 11) is -2.83. The summed E-state index contributed by atoms with van der Waals surface area (Å²) in [5, 5.41) is 8.36. The molecule has 0 saturated carbocycles. The first-order chi connectivity index (χ1) is 8.55. The second-order valence-electron chi connectivity index (χ2n) is 4.92. The van der Waals surface area contributed by atoms with E-state index in [9.17, 15) is 8.42 Å². The highest BCUT2D eigenvalue weighted by Gasteiger charge is 2.27. The van der Waals surface area contributed by atoms with Crippen molar-refractivity contribution >= 4 is 15.5 Å². The van der Waals surface area contributed by atoms with Crippen LogP contribution in [0.1, 0.15) is 30.1 Å². The topological polar surface area (TPSA) is 64.3 Å². The monoisotopic (exact) mass is 265 g/mol. The fourth-order valence-corrected chi connectivity index (χ4v) is 3.93. The maximum Gasteiger partial charge on any atom is 0.160 e. The zero-order valence-corrected chi connectivity index (χ0v) is 11.0. The molecule has 5 nitrogen and oxygen atoms in total. The number of sulfone groups is 1. The maximum atomic E-state index is 11.4. The van der Waals surface area contributed by atoms with Crippen LogP contribution in [0.2, 0.25) is 0 Å². The quantitative estimate of drug-likeness (QED) is 0.780. The summed E-state index contributed by atoms with van der Waals surface area (Å²) >= 11 is 0. The predicted molar refractivity (Wildman–Crippen MR) is 68.4 cm³/mol. The van der Waals surface area contributed by atoms with Crippen LogP contribution in [0.4, 0.5) is 0 Å². The molecule has 6 heteroatoms. The molecule has 0 unspecified atom stereocenters. The molecule has 0 bridgehead atoms. The summed E-state index contributed by atoms with van der Waals surface area (Å²) in [6, 6.07) is 3.94. The third kappa shape index (κ3) is 2.01. The van der Waals surface area contributed by atoms with E-state index in [0.29, 0.717) is 12.8 Å². The van der Waals surface area contributed by atoms with Crippen molar-refractivity contribution in [1.29, 1.82) is 0 Å². The lowest BCUT2D eigenvalue weighted by Crippen LogP contribution is -2.23. The molecule has 2 aromatic rings. The molecule has 0 amide bonds. The van der Waals surface area contributed by atoms with Gasteiger partial charge in [-0.2, -0.15) is 0 Å². The predicted octanol–water partition coefficient (Wildman–Crippen LogP) is 1.33. The standard InChI is InChI=1S/C12H15N3O2S/c1-9-2-3-11-13-14-12(15(11)8-9)10-4-6-18(16,17)7-5-10/h2-3,8,10H,4-7H2,1H3. The molecule has 1 saturated heterocycles. The smallest absolute Gasteiger partial charge is 0.160 e. The zero-order chi connectivity index (χ0) is 12.8. The normalized spacial score (nSPS) is 20.3. The van der Waals surface area contributed by atoms with Gasteiger partial charge in [-0.25, -0.2) is 8.42 Å². The SMILES string of the molecule is Cc1ccc2nnc(C3CCS(=O)(=O)CC3)n2c1. The van der Waals surface area contributed by atoms with Gasteiger partial charge in [-0.3, -0.25) is 4.40 Å². The van der Waals surface area contributed by atoms with Crippen LogP contribution in [-0.2, 0) is 9.84 Å². The first-order valence-electron chi connectivity index (χ1n) is 6.07. The Morgan fingerprint density at radius 2 is 1.94 bits per heavy atom. The van der Waals surface area contributed by atoms with E-state index in [1.54, 1.807) is 0 Å². The Hall–Kier alpha value is -1.43. The van der Waals surface area contributed by atoms with E-state index in [1.165, 1.54) is 0 Å². The molecule has 0 N–H and O–H groups in total. The van der Waals surface area contributed by atoms with Gasteiger partial charge in [-0.05, 0) is 31.4 Å². The number of hydrogen-bond acceptors (Lipinski definition) is 4. The molecule has 0 atom stereocenters. The highest BCUT2D eigenvalue weighted by molar-refractivity contribution is 7.91. The largest absolute Gasteiger partial charge is 0.286 e. The molecule has 18 heavy (non-hydrogen) atoms. The van der Waals surface area contributed by atoms with Crippen molar-refractivity contribution in [3.63, 3.8) is 0 Å². The van der Waals surface area contributed by atoms with Gasteiger partial charge in [-0.15, -0.1) is 10.2 Å². The number of hydrogen-bond donors (Lipinski definition) is 0. The van der Waals surface area contributed by atoms with E-state index in [1.807, 2.05) is 29.7 Å². The molecule has 2 aromatic heterocycles. The van der Waals surface area contributed by atoms with E-state index < -0.39 is 9.84 Å². The third-order valence-electron chi connectivity index (χ3n) is 3.50. The fraction of sp³-hybridized carbons (Fsp3) is 0.500. The van der Waals surface area contributed by atoms with Gasteiger partial charge in [0.05, 0.1) is 11.5 Å². The molecule has 1 aliphatic rings.